The third kappa shape index (κ3) is 3.85. The molecule has 0 radical (unpaired) electrons. The second-order valence-corrected chi connectivity index (χ2v) is 5.62. The van der Waals surface area contributed by atoms with Crippen LogP contribution < -0.4 is 4.74 Å². The average molecular weight is 338 g/mol. The van der Waals surface area contributed by atoms with Crippen LogP contribution in [0.4, 0.5) is 0 Å². The molecular formula is C19H18N2O4. The van der Waals surface area contributed by atoms with E-state index in [1.807, 2.05) is 38.1 Å². The fourth-order valence-electron chi connectivity index (χ4n) is 2.27. The van der Waals surface area contributed by atoms with Gasteiger partial charge in [-0.15, -0.1) is 0 Å². The highest BCUT2D eigenvalue weighted by Crippen LogP contribution is 2.21. The Hall–Kier alpha value is -3.15. The van der Waals surface area contributed by atoms with E-state index in [0.717, 1.165) is 16.7 Å². The van der Waals surface area contributed by atoms with Crippen LogP contribution >= 0.6 is 0 Å². The molecule has 0 saturated carbocycles. The van der Waals surface area contributed by atoms with Crippen LogP contribution in [-0.4, -0.2) is 23.2 Å². The van der Waals surface area contributed by atoms with E-state index < -0.39 is 5.97 Å². The van der Waals surface area contributed by atoms with Crippen molar-refractivity contribution >= 4 is 5.97 Å². The number of hydrogen-bond acceptors (Lipinski definition) is 6. The van der Waals surface area contributed by atoms with Crippen molar-refractivity contribution in [1.29, 1.82) is 0 Å². The van der Waals surface area contributed by atoms with Crippen LogP contribution in [0, 0.1) is 13.8 Å². The third-order valence-electron chi connectivity index (χ3n) is 3.87. The van der Waals surface area contributed by atoms with Gasteiger partial charge in [0.1, 0.15) is 5.75 Å². The SMILES string of the molecule is COc1cccc(-c2noc(COC(=O)c3ccc(C)c(C)c3)n2)c1. The molecule has 25 heavy (non-hydrogen) atoms. The topological polar surface area (TPSA) is 74.5 Å². The van der Waals surface area contributed by atoms with E-state index in [1.54, 1.807) is 25.3 Å². The number of carbonyl (C=O) groups excluding carboxylic acids is 1. The van der Waals surface area contributed by atoms with Crippen molar-refractivity contribution in [2.45, 2.75) is 20.5 Å². The van der Waals surface area contributed by atoms with Crippen molar-refractivity contribution in [3.05, 3.63) is 65.0 Å². The zero-order valence-corrected chi connectivity index (χ0v) is 14.3. The molecule has 6 heteroatoms. The number of benzene rings is 2. The Bertz CT molecular complexity index is 902. The number of nitrogens with zero attached hydrogens (tertiary/aromatic N) is 2. The first-order valence-electron chi connectivity index (χ1n) is 7.78. The third-order valence-corrected chi connectivity index (χ3v) is 3.87. The molecule has 0 atom stereocenters. The normalized spacial score (nSPS) is 10.5. The van der Waals surface area contributed by atoms with Gasteiger partial charge in [-0.3, -0.25) is 0 Å². The summed E-state index contributed by atoms with van der Waals surface area (Å²) in [6.45, 7) is 3.86. The summed E-state index contributed by atoms with van der Waals surface area (Å²) in [5.74, 6) is 0.917. The molecule has 128 valence electrons. The lowest BCUT2D eigenvalue weighted by Crippen LogP contribution is -2.06. The van der Waals surface area contributed by atoms with Crippen molar-refractivity contribution in [3.8, 4) is 17.1 Å². The first-order chi connectivity index (χ1) is 12.1. The average Bonchev–Trinajstić information content (AvgIpc) is 3.11. The highest BCUT2D eigenvalue weighted by Gasteiger charge is 2.13. The molecule has 0 spiro atoms. The maximum atomic E-state index is 12.1. The first-order valence-corrected chi connectivity index (χ1v) is 7.78. The minimum atomic E-state index is -0.427. The lowest BCUT2D eigenvalue weighted by molar-refractivity contribution is 0.0429. The molecule has 3 aromatic rings. The molecule has 2 aromatic carbocycles. The van der Waals surface area contributed by atoms with Crippen LogP contribution in [0.1, 0.15) is 27.4 Å². The smallest absolute Gasteiger partial charge is 0.338 e. The maximum absolute atomic E-state index is 12.1. The number of hydrogen-bond donors (Lipinski definition) is 0. The molecule has 0 bridgehead atoms. The van der Waals surface area contributed by atoms with Crippen molar-refractivity contribution < 1.29 is 18.8 Å². The second-order valence-electron chi connectivity index (χ2n) is 5.62. The molecule has 0 amide bonds. The number of carbonyl (C=O) groups is 1. The summed E-state index contributed by atoms with van der Waals surface area (Å²) in [6, 6.07) is 12.7. The summed E-state index contributed by atoms with van der Waals surface area (Å²) in [5, 5.41) is 3.91. The number of methoxy groups -OCH3 is 1. The minimum absolute atomic E-state index is 0.0806. The van der Waals surface area contributed by atoms with Crippen molar-refractivity contribution in [1.82, 2.24) is 10.1 Å². The zero-order chi connectivity index (χ0) is 17.8. The number of aryl methyl sites for hydroxylation is 2. The summed E-state index contributed by atoms with van der Waals surface area (Å²) >= 11 is 0. The molecule has 6 nitrogen and oxygen atoms in total. The number of aromatic nitrogens is 2. The Kier molecular flexibility index (Phi) is 4.79. The van der Waals surface area contributed by atoms with Gasteiger partial charge in [0.2, 0.25) is 5.82 Å². The van der Waals surface area contributed by atoms with Crippen molar-refractivity contribution in [3.63, 3.8) is 0 Å². The lowest BCUT2D eigenvalue weighted by Gasteiger charge is -2.04. The minimum Gasteiger partial charge on any atom is -0.497 e. The molecule has 0 saturated heterocycles. The van der Waals surface area contributed by atoms with Gasteiger partial charge in [-0.2, -0.15) is 4.98 Å². The van der Waals surface area contributed by atoms with Gasteiger partial charge in [0, 0.05) is 5.56 Å². The van der Waals surface area contributed by atoms with E-state index in [9.17, 15) is 4.79 Å². The van der Waals surface area contributed by atoms with Crippen molar-refractivity contribution in [2.24, 2.45) is 0 Å². The second kappa shape index (κ2) is 7.17. The summed E-state index contributed by atoms with van der Waals surface area (Å²) < 4.78 is 15.6. The standard InChI is InChI=1S/C19H18N2O4/c1-12-7-8-15(9-13(12)2)19(22)24-11-17-20-18(21-25-17)14-5-4-6-16(10-14)23-3/h4-10H,11H2,1-3H3. The Morgan fingerprint density at radius 1 is 1.12 bits per heavy atom. The molecule has 1 aromatic heterocycles. The van der Waals surface area contributed by atoms with Gasteiger partial charge in [-0.05, 0) is 49.2 Å². The van der Waals surface area contributed by atoms with Gasteiger partial charge in [-0.25, -0.2) is 4.79 Å². The summed E-state index contributed by atoms with van der Waals surface area (Å²) in [6.07, 6.45) is 0. The lowest BCUT2D eigenvalue weighted by atomic mass is 10.1. The van der Waals surface area contributed by atoms with Gasteiger partial charge in [0.05, 0.1) is 12.7 Å². The number of esters is 1. The van der Waals surface area contributed by atoms with E-state index in [1.165, 1.54) is 0 Å². The van der Waals surface area contributed by atoms with E-state index in [-0.39, 0.29) is 12.5 Å². The molecule has 0 aliphatic carbocycles. The summed E-state index contributed by atoms with van der Waals surface area (Å²) in [4.78, 5) is 16.4. The summed E-state index contributed by atoms with van der Waals surface area (Å²) in [7, 11) is 1.59. The molecular weight excluding hydrogens is 320 g/mol. The first kappa shape index (κ1) is 16.7. The van der Waals surface area contributed by atoms with Crippen LogP contribution in [0.2, 0.25) is 0 Å². The highest BCUT2D eigenvalue weighted by atomic mass is 16.6. The van der Waals surface area contributed by atoms with Gasteiger partial charge in [0.15, 0.2) is 6.61 Å². The predicted octanol–water partition coefficient (Wildman–Crippen LogP) is 3.72. The molecule has 0 N–H and O–H groups in total. The van der Waals surface area contributed by atoms with Crippen LogP contribution in [0.5, 0.6) is 5.75 Å². The molecule has 0 unspecified atom stereocenters. The van der Waals surface area contributed by atoms with E-state index in [2.05, 4.69) is 10.1 Å². The van der Waals surface area contributed by atoms with Crippen molar-refractivity contribution in [2.75, 3.05) is 7.11 Å². The Balaban J connectivity index is 1.67. The highest BCUT2D eigenvalue weighted by molar-refractivity contribution is 5.89. The largest absolute Gasteiger partial charge is 0.497 e. The monoisotopic (exact) mass is 338 g/mol. The van der Waals surface area contributed by atoms with Crippen LogP contribution in [0.3, 0.4) is 0 Å². The Morgan fingerprint density at radius 3 is 2.72 bits per heavy atom. The van der Waals surface area contributed by atoms with Gasteiger partial charge in [-0.1, -0.05) is 23.4 Å². The van der Waals surface area contributed by atoms with Gasteiger partial charge < -0.3 is 14.0 Å². The predicted molar refractivity (Wildman–Crippen MR) is 91.3 cm³/mol. The fourth-order valence-corrected chi connectivity index (χ4v) is 2.27. The maximum Gasteiger partial charge on any atom is 0.338 e. The molecule has 3 rings (SSSR count). The molecule has 0 aliphatic rings. The number of ether oxygens (including phenoxy) is 2. The fraction of sp³-hybridized carbons (Fsp3) is 0.211. The summed E-state index contributed by atoms with van der Waals surface area (Å²) in [5.41, 5.74) is 3.41. The van der Waals surface area contributed by atoms with Crippen LogP contribution in [0.25, 0.3) is 11.4 Å². The van der Waals surface area contributed by atoms with Gasteiger partial charge in [0.25, 0.3) is 5.89 Å². The molecule has 0 aliphatic heterocycles. The van der Waals surface area contributed by atoms with E-state index in [0.29, 0.717) is 17.1 Å². The van der Waals surface area contributed by atoms with E-state index in [4.69, 9.17) is 14.0 Å². The quantitative estimate of drug-likeness (QED) is 0.660. The zero-order valence-electron chi connectivity index (χ0n) is 14.3. The molecule has 1 heterocycles. The van der Waals surface area contributed by atoms with Crippen LogP contribution in [-0.2, 0) is 11.3 Å². The van der Waals surface area contributed by atoms with Crippen LogP contribution in [0.15, 0.2) is 47.0 Å². The Morgan fingerprint density at radius 2 is 1.96 bits per heavy atom. The molecule has 0 fully saturated rings. The number of rotatable bonds is 5. The van der Waals surface area contributed by atoms with Gasteiger partial charge >= 0.3 is 5.97 Å². The Labute approximate surface area is 145 Å². The van der Waals surface area contributed by atoms with E-state index >= 15 is 0 Å².